The molecule has 0 spiro atoms. The first-order valence-corrected chi connectivity index (χ1v) is 6.23. The van der Waals surface area contributed by atoms with Crippen LogP contribution in [-0.4, -0.2) is 17.1 Å². The average Bonchev–Trinajstić information content (AvgIpc) is 2.40. The quantitative estimate of drug-likeness (QED) is 0.917. The van der Waals surface area contributed by atoms with Crippen LogP contribution in [0.25, 0.3) is 0 Å². The highest BCUT2D eigenvalue weighted by Crippen LogP contribution is 2.28. The van der Waals surface area contributed by atoms with E-state index in [9.17, 15) is 0 Å². The molecule has 4 heteroatoms. The number of rotatable bonds is 3. The fourth-order valence-corrected chi connectivity index (χ4v) is 2.17. The summed E-state index contributed by atoms with van der Waals surface area (Å²) in [6.45, 7) is 5.91. The van der Waals surface area contributed by atoms with E-state index in [1.165, 1.54) is 0 Å². The van der Waals surface area contributed by atoms with Crippen LogP contribution >= 0.6 is 0 Å². The highest BCUT2D eigenvalue weighted by Gasteiger charge is 2.15. The van der Waals surface area contributed by atoms with Crippen molar-refractivity contribution in [2.75, 3.05) is 7.11 Å². The molecule has 1 unspecified atom stereocenters. The van der Waals surface area contributed by atoms with E-state index in [1.54, 1.807) is 13.3 Å². The van der Waals surface area contributed by atoms with Crippen LogP contribution in [0.3, 0.4) is 0 Å². The second-order valence-electron chi connectivity index (χ2n) is 4.68. The van der Waals surface area contributed by atoms with E-state index >= 15 is 0 Å². The van der Waals surface area contributed by atoms with Crippen LogP contribution in [0.1, 0.15) is 34.3 Å². The predicted octanol–water partition coefficient (Wildman–Crippen LogP) is 2.46. The van der Waals surface area contributed by atoms with Crippen LogP contribution < -0.4 is 10.5 Å². The zero-order chi connectivity index (χ0) is 14.0. The van der Waals surface area contributed by atoms with Crippen LogP contribution in [0, 0.1) is 20.8 Å². The Morgan fingerprint density at radius 2 is 1.89 bits per heavy atom. The molecule has 1 aromatic carbocycles. The normalized spacial score (nSPS) is 12.3. The van der Waals surface area contributed by atoms with Gasteiger partial charge in [-0.15, -0.1) is 0 Å². The first kappa shape index (κ1) is 13.5. The van der Waals surface area contributed by atoms with Crippen LogP contribution in [-0.2, 0) is 0 Å². The van der Waals surface area contributed by atoms with Gasteiger partial charge in [0.05, 0.1) is 18.8 Å². The third-order valence-corrected chi connectivity index (χ3v) is 3.23. The molecule has 0 aliphatic rings. The Morgan fingerprint density at radius 1 is 1.16 bits per heavy atom. The SMILES string of the molecule is COc1cc(C)c(C(N)c2ccnc(C)n2)cc1C. The first-order valence-electron chi connectivity index (χ1n) is 6.23. The van der Waals surface area contributed by atoms with E-state index in [1.807, 2.05) is 32.9 Å². The number of methoxy groups -OCH3 is 1. The topological polar surface area (TPSA) is 61.0 Å². The summed E-state index contributed by atoms with van der Waals surface area (Å²) in [4.78, 5) is 8.49. The number of hydrogen-bond acceptors (Lipinski definition) is 4. The van der Waals surface area contributed by atoms with Gasteiger partial charge in [0.15, 0.2) is 0 Å². The van der Waals surface area contributed by atoms with Crippen molar-refractivity contribution in [3.63, 3.8) is 0 Å². The highest BCUT2D eigenvalue weighted by atomic mass is 16.5. The van der Waals surface area contributed by atoms with Crippen molar-refractivity contribution in [3.05, 3.63) is 52.6 Å². The second kappa shape index (κ2) is 5.36. The largest absolute Gasteiger partial charge is 0.496 e. The van der Waals surface area contributed by atoms with E-state index in [0.29, 0.717) is 0 Å². The molecule has 0 radical (unpaired) electrons. The zero-order valence-corrected chi connectivity index (χ0v) is 11.8. The summed E-state index contributed by atoms with van der Waals surface area (Å²) in [6.07, 6.45) is 1.74. The van der Waals surface area contributed by atoms with Gasteiger partial charge < -0.3 is 10.5 Å². The fourth-order valence-electron chi connectivity index (χ4n) is 2.17. The highest BCUT2D eigenvalue weighted by molar-refractivity contribution is 5.44. The summed E-state index contributed by atoms with van der Waals surface area (Å²) in [5, 5.41) is 0. The molecule has 19 heavy (non-hydrogen) atoms. The average molecular weight is 257 g/mol. The lowest BCUT2D eigenvalue weighted by Crippen LogP contribution is -2.16. The van der Waals surface area contributed by atoms with Crippen molar-refractivity contribution in [1.29, 1.82) is 0 Å². The minimum Gasteiger partial charge on any atom is -0.496 e. The fraction of sp³-hybridized carbons (Fsp3) is 0.333. The van der Waals surface area contributed by atoms with Gasteiger partial charge in [0, 0.05) is 6.20 Å². The molecule has 0 aliphatic heterocycles. The molecule has 0 aliphatic carbocycles. The van der Waals surface area contributed by atoms with E-state index in [2.05, 4.69) is 16.0 Å². The lowest BCUT2D eigenvalue weighted by molar-refractivity contribution is 0.411. The van der Waals surface area contributed by atoms with E-state index < -0.39 is 0 Å². The molecule has 1 aromatic heterocycles. The minimum absolute atomic E-state index is 0.244. The van der Waals surface area contributed by atoms with Gasteiger partial charge in [0.25, 0.3) is 0 Å². The maximum Gasteiger partial charge on any atom is 0.125 e. The van der Waals surface area contributed by atoms with Crippen molar-refractivity contribution in [1.82, 2.24) is 9.97 Å². The number of aromatic nitrogens is 2. The molecule has 4 nitrogen and oxygen atoms in total. The van der Waals surface area contributed by atoms with Crippen LogP contribution in [0.2, 0.25) is 0 Å². The number of benzene rings is 1. The molecule has 100 valence electrons. The summed E-state index contributed by atoms with van der Waals surface area (Å²) >= 11 is 0. The van der Waals surface area contributed by atoms with E-state index in [-0.39, 0.29) is 6.04 Å². The molecule has 0 saturated heterocycles. The Kier molecular flexibility index (Phi) is 3.81. The zero-order valence-electron chi connectivity index (χ0n) is 11.8. The van der Waals surface area contributed by atoms with Gasteiger partial charge in [-0.05, 0) is 49.6 Å². The number of nitrogens with two attached hydrogens (primary N) is 1. The predicted molar refractivity (Wildman–Crippen MR) is 75.3 cm³/mol. The maximum absolute atomic E-state index is 6.32. The Morgan fingerprint density at radius 3 is 2.53 bits per heavy atom. The third kappa shape index (κ3) is 2.74. The summed E-state index contributed by atoms with van der Waals surface area (Å²) in [5.41, 5.74) is 10.4. The number of nitrogens with zero attached hydrogens (tertiary/aromatic N) is 2. The van der Waals surface area contributed by atoms with E-state index in [4.69, 9.17) is 10.5 Å². The molecule has 2 N–H and O–H groups in total. The van der Waals surface area contributed by atoms with Gasteiger partial charge in [-0.2, -0.15) is 0 Å². The van der Waals surface area contributed by atoms with Crippen LogP contribution in [0.15, 0.2) is 24.4 Å². The molecule has 0 saturated carbocycles. The molecule has 0 bridgehead atoms. The van der Waals surface area contributed by atoms with Crippen molar-refractivity contribution < 1.29 is 4.74 Å². The summed E-state index contributed by atoms with van der Waals surface area (Å²) in [7, 11) is 1.68. The van der Waals surface area contributed by atoms with Crippen LogP contribution in [0.4, 0.5) is 0 Å². The lowest BCUT2D eigenvalue weighted by Gasteiger charge is -2.17. The standard InChI is InChI=1S/C15H19N3O/c1-9-8-14(19-4)10(2)7-12(9)15(16)13-5-6-17-11(3)18-13/h5-8,15H,16H2,1-4H3. The summed E-state index contributed by atoms with van der Waals surface area (Å²) in [5.74, 6) is 1.61. The lowest BCUT2D eigenvalue weighted by atomic mass is 9.96. The van der Waals surface area contributed by atoms with Gasteiger partial charge in [-0.3, -0.25) is 0 Å². The van der Waals surface area contributed by atoms with Gasteiger partial charge >= 0.3 is 0 Å². The van der Waals surface area contributed by atoms with E-state index in [0.717, 1.165) is 34.0 Å². The summed E-state index contributed by atoms with van der Waals surface area (Å²) in [6, 6.07) is 5.69. The Labute approximate surface area is 113 Å². The van der Waals surface area contributed by atoms with Gasteiger partial charge in [-0.25, -0.2) is 9.97 Å². The van der Waals surface area contributed by atoms with Crippen molar-refractivity contribution in [2.24, 2.45) is 5.73 Å². The smallest absolute Gasteiger partial charge is 0.125 e. The number of ether oxygens (including phenoxy) is 1. The summed E-state index contributed by atoms with van der Waals surface area (Å²) < 4.78 is 5.32. The van der Waals surface area contributed by atoms with Crippen molar-refractivity contribution in [2.45, 2.75) is 26.8 Å². The van der Waals surface area contributed by atoms with Gasteiger partial charge in [0.1, 0.15) is 11.6 Å². The minimum atomic E-state index is -0.244. The molecule has 0 amide bonds. The van der Waals surface area contributed by atoms with Crippen molar-refractivity contribution in [3.8, 4) is 5.75 Å². The second-order valence-corrected chi connectivity index (χ2v) is 4.68. The molecule has 2 rings (SSSR count). The van der Waals surface area contributed by atoms with Gasteiger partial charge in [-0.1, -0.05) is 6.07 Å². The molecule has 1 atom stereocenters. The molecule has 1 heterocycles. The molecule has 2 aromatic rings. The number of hydrogen-bond donors (Lipinski definition) is 1. The van der Waals surface area contributed by atoms with Crippen LogP contribution in [0.5, 0.6) is 5.75 Å². The van der Waals surface area contributed by atoms with Crippen molar-refractivity contribution >= 4 is 0 Å². The molecular formula is C15H19N3O. The molecule has 0 fully saturated rings. The maximum atomic E-state index is 6.32. The Balaban J connectivity index is 2.44. The Hall–Kier alpha value is -1.94. The molecular weight excluding hydrogens is 238 g/mol. The first-order chi connectivity index (χ1) is 9.02. The number of aryl methyl sites for hydroxylation is 3. The third-order valence-electron chi connectivity index (χ3n) is 3.23. The Bertz CT molecular complexity index is 596. The monoisotopic (exact) mass is 257 g/mol. The van der Waals surface area contributed by atoms with Gasteiger partial charge in [0.2, 0.25) is 0 Å².